The number of aromatic nitrogens is 5. The highest BCUT2D eigenvalue weighted by molar-refractivity contribution is 7.98. The molecule has 0 saturated heterocycles. The Hall–Kier alpha value is -2.09. The second-order valence-corrected chi connectivity index (χ2v) is 6.48. The Balaban J connectivity index is 1.73. The van der Waals surface area contributed by atoms with E-state index >= 15 is 0 Å². The Morgan fingerprint density at radius 2 is 2.18 bits per heavy atom. The molecule has 0 aromatic carbocycles. The van der Waals surface area contributed by atoms with Crippen LogP contribution in [0.15, 0.2) is 26.6 Å². The number of fused-ring (bicyclic) bond motifs is 1. The largest absolute Gasteiger partial charge is 0.375 e. The number of thioether (sulfide) groups is 1. The fraction of sp³-hybridized carbons (Fsp3) is 0.429. The maximum absolute atomic E-state index is 11.9. The molecule has 0 amide bonds. The Bertz CT molecular complexity index is 848. The molecule has 0 spiro atoms. The van der Waals surface area contributed by atoms with Gasteiger partial charge >= 0.3 is 0 Å². The van der Waals surface area contributed by atoms with Gasteiger partial charge < -0.3 is 4.52 Å². The summed E-state index contributed by atoms with van der Waals surface area (Å²) in [6, 6.07) is 3.22. The molecular weight excluding hydrogens is 302 g/mol. The summed E-state index contributed by atoms with van der Waals surface area (Å²) in [5.41, 5.74) is 0.992. The summed E-state index contributed by atoms with van der Waals surface area (Å²) >= 11 is 1.45. The highest BCUT2D eigenvalue weighted by Crippen LogP contribution is 2.18. The number of hydrogen-bond donors (Lipinski definition) is 1. The predicted molar refractivity (Wildman–Crippen MR) is 83.0 cm³/mol. The van der Waals surface area contributed by atoms with Crippen LogP contribution in [-0.4, -0.2) is 24.7 Å². The van der Waals surface area contributed by atoms with Gasteiger partial charge in [-0.1, -0.05) is 25.6 Å². The molecular formula is C14H17N5O2S. The molecule has 0 atom stereocenters. The molecule has 0 radical (unpaired) electrons. The van der Waals surface area contributed by atoms with Crippen molar-refractivity contribution in [3.05, 3.63) is 39.8 Å². The maximum atomic E-state index is 11.9. The van der Waals surface area contributed by atoms with Crippen molar-refractivity contribution in [1.82, 2.24) is 24.7 Å². The zero-order valence-electron chi connectivity index (χ0n) is 12.7. The zero-order valence-corrected chi connectivity index (χ0v) is 13.5. The molecule has 22 heavy (non-hydrogen) atoms. The fourth-order valence-corrected chi connectivity index (χ4v) is 2.82. The van der Waals surface area contributed by atoms with Gasteiger partial charge in [0.05, 0.1) is 5.69 Å². The average Bonchev–Trinajstić information content (AvgIpc) is 3.02. The summed E-state index contributed by atoms with van der Waals surface area (Å²) in [7, 11) is 0. The minimum atomic E-state index is -0.218. The smallest absolute Gasteiger partial charge is 0.287 e. The SMILES string of the molecule is Cc1cc2nc(CSc3n[nH]c(CC(C)C)n3)cc(=O)n2o1. The van der Waals surface area contributed by atoms with Crippen LogP contribution < -0.4 is 5.56 Å². The van der Waals surface area contributed by atoms with Crippen LogP contribution in [-0.2, 0) is 12.2 Å². The Kier molecular flexibility index (Phi) is 4.02. The highest BCUT2D eigenvalue weighted by Gasteiger charge is 2.09. The van der Waals surface area contributed by atoms with Crippen molar-refractivity contribution in [3.63, 3.8) is 0 Å². The molecule has 0 fully saturated rings. The first kappa shape index (κ1) is 14.8. The molecule has 0 aliphatic rings. The van der Waals surface area contributed by atoms with Crippen molar-refractivity contribution in [2.45, 2.75) is 38.1 Å². The van der Waals surface area contributed by atoms with Crippen LogP contribution in [0.5, 0.6) is 0 Å². The lowest BCUT2D eigenvalue weighted by molar-refractivity contribution is 0.344. The second-order valence-electron chi connectivity index (χ2n) is 5.54. The van der Waals surface area contributed by atoms with Gasteiger partial charge in [0.25, 0.3) is 5.56 Å². The van der Waals surface area contributed by atoms with Crippen LogP contribution in [0.1, 0.15) is 31.1 Å². The van der Waals surface area contributed by atoms with Crippen molar-refractivity contribution in [2.24, 2.45) is 5.92 Å². The Morgan fingerprint density at radius 1 is 1.36 bits per heavy atom. The molecule has 3 aromatic heterocycles. The van der Waals surface area contributed by atoms with Gasteiger partial charge in [-0.3, -0.25) is 9.89 Å². The van der Waals surface area contributed by atoms with E-state index in [-0.39, 0.29) is 5.56 Å². The highest BCUT2D eigenvalue weighted by atomic mass is 32.2. The topological polar surface area (TPSA) is 89.1 Å². The summed E-state index contributed by atoms with van der Waals surface area (Å²) in [6.07, 6.45) is 0.868. The number of rotatable bonds is 5. The molecule has 116 valence electrons. The molecule has 3 aromatic rings. The van der Waals surface area contributed by atoms with Gasteiger partial charge in [0, 0.05) is 24.3 Å². The van der Waals surface area contributed by atoms with Gasteiger partial charge in [0.15, 0.2) is 5.65 Å². The Morgan fingerprint density at radius 3 is 2.95 bits per heavy atom. The zero-order chi connectivity index (χ0) is 15.7. The first-order valence-corrected chi connectivity index (χ1v) is 8.03. The number of aromatic amines is 1. The van der Waals surface area contributed by atoms with E-state index in [1.165, 1.54) is 22.4 Å². The number of hydrogen-bond acceptors (Lipinski definition) is 6. The van der Waals surface area contributed by atoms with Crippen molar-refractivity contribution < 1.29 is 4.52 Å². The summed E-state index contributed by atoms with van der Waals surface area (Å²) in [5.74, 6) is 2.60. The minimum Gasteiger partial charge on any atom is -0.375 e. The molecule has 0 aliphatic carbocycles. The first-order valence-electron chi connectivity index (χ1n) is 7.05. The van der Waals surface area contributed by atoms with Gasteiger partial charge in [-0.05, 0) is 12.8 Å². The lowest BCUT2D eigenvalue weighted by Crippen LogP contribution is -2.12. The molecule has 7 nitrogen and oxygen atoms in total. The van der Waals surface area contributed by atoms with E-state index in [0.717, 1.165) is 12.2 Å². The summed E-state index contributed by atoms with van der Waals surface area (Å²) in [4.78, 5) is 20.8. The van der Waals surface area contributed by atoms with E-state index in [1.54, 1.807) is 13.0 Å². The van der Waals surface area contributed by atoms with E-state index in [2.05, 4.69) is 34.0 Å². The predicted octanol–water partition coefficient (Wildman–Crippen LogP) is 2.20. The van der Waals surface area contributed by atoms with E-state index in [1.807, 2.05) is 0 Å². The third-order valence-corrected chi connectivity index (χ3v) is 3.87. The van der Waals surface area contributed by atoms with E-state index in [4.69, 9.17) is 4.52 Å². The van der Waals surface area contributed by atoms with Gasteiger partial charge in [-0.15, -0.1) is 9.67 Å². The summed E-state index contributed by atoms with van der Waals surface area (Å²) in [6.45, 7) is 6.05. The van der Waals surface area contributed by atoms with Crippen molar-refractivity contribution >= 4 is 17.4 Å². The molecule has 3 heterocycles. The summed E-state index contributed by atoms with van der Waals surface area (Å²) < 4.78 is 6.45. The normalized spacial score (nSPS) is 11.6. The molecule has 0 saturated carbocycles. The Labute approximate surface area is 131 Å². The van der Waals surface area contributed by atoms with Crippen LogP contribution in [0.4, 0.5) is 0 Å². The standard InChI is InChI=1S/C14H17N5O2S/c1-8(2)4-11-16-14(18-17-11)22-7-10-6-13(20)19-12(15-10)5-9(3)21-19/h5-6,8H,4,7H2,1-3H3,(H,16,17,18). The number of aryl methyl sites for hydroxylation is 1. The van der Waals surface area contributed by atoms with E-state index in [0.29, 0.717) is 33.9 Å². The lowest BCUT2D eigenvalue weighted by atomic mass is 10.1. The van der Waals surface area contributed by atoms with E-state index < -0.39 is 0 Å². The van der Waals surface area contributed by atoms with E-state index in [9.17, 15) is 4.79 Å². The molecule has 8 heteroatoms. The third kappa shape index (κ3) is 3.22. The third-order valence-electron chi connectivity index (χ3n) is 2.99. The van der Waals surface area contributed by atoms with Gasteiger partial charge in [0.1, 0.15) is 11.6 Å². The number of nitrogens with one attached hydrogen (secondary N) is 1. The van der Waals surface area contributed by atoms with Crippen LogP contribution in [0.3, 0.4) is 0 Å². The minimum absolute atomic E-state index is 0.218. The molecule has 1 N–H and O–H groups in total. The second kappa shape index (κ2) is 5.96. The summed E-state index contributed by atoms with van der Waals surface area (Å²) in [5, 5.41) is 7.77. The van der Waals surface area contributed by atoms with Crippen LogP contribution in [0.2, 0.25) is 0 Å². The first-order chi connectivity index (χ1) is 10.5. The average molecular weight is 319 g/mol. The van der Waals surface area contributed by atoms with Crippen LogP contribution in [0, 0.1) is 12.8 Å². The fourth-order valence-electron chi connectivity index (χ4n) is 2.11. The molecule has 0 bridgehead atoms. The maximum Gasteiger partial charge on any atom is 0.287 e. The number of H-pyrrole nitrogens is 1. The van der Waals surface area contributed by atoms with Crippen LogP contribution >= 0.6 is 11.8 Å². The van der Waals surface area contributed by atoms with Crippen molar-refractivity contribution in [1.29, 1.82) is 0 Å². The molecule has 3 rings (SSSR count). The quantitative estimate of drug-likeness (QED) is 0.725. The molecule has 0 aliphatic heterocycles. The van der Waals surface area contributed by atoms with Gasteiger partial charge in [0.2, 0.25) is 5.16 Å². The molecule has 0 unspecified atom stereocenters. The van der Waals surface area contributed by atoms with Crippen molar-refractivity contribution in [2.75, 3.05) is 0 Å². The van der Waals surface area contributed by atoms with Crippen molar-refractivity contribution in [3.8, 4) is 0 Å². The number of nitrogens with zero attached hydrogens (tertiary/aromatic N) is 4. The van der Waals surface area contributed by atoms with Gasteiger partial charge in [-0.25, -0.2) is 9.97 Å². The lowest BCUT2D eigenvalue weighted by Gasteiger charge is -1.99. The van der Waals surface area contributed by atoms with Crippen LogP contribution in [0.25, 0.3) is 5.65 Å². The monoisotopic (exact) mass is 319 g/mol. The van der Waals surface area contributed by atoms with Gasteiger partial charge in [-0.2, -0.15) is 0 Å².